The highest BCUT2D eigenvalue weighted by atomic mass is 16.3. The van der Waals surface area contributed by atoms with Crippen molar-refractivity contribution in [1.82, 2.24) is 0 Å². The van der Waals surface area contributed by atoms with Crippen LogP contribution in [0, 0.1) is 13.8 Å². The van der Waals surface area contributed by atoms with Crippen molar-refractivity contribution in [3.8, 4) is 11.5 Å². The number of nitrogens with zero attached hydrogens (tertiary/aromatic N) is 2. The summed E-state index contributed by atoms with van der Waals surface area (Å²) in [5, 5.41) is 21.8. The van der Waals surface area contributed by atoms with E-state index in [1.54, 1.807) is 0 Å². The van der Waals surface area contributed by atoms with Crippen molar-refractivity contribution in [1.29, 1.82) is 0 Å². The fraction of sp³-hybridized carbons (Fsp3) is 0.533. The molecule has 2 atom stereocenters. The molecule has 34 heavy (non-hydrogen) atoms. The van der Waals surface area contributed by atoms with Gasteiger partial charge in [0.1, 0.15) is 11.5 Å². The van der Waals surface area contributed by atoms with Crippen LogP contribution in [0.2, 0.25) is 0 Å². The van der Waals surface area contributed by atoms with Crippen LogP contribution in [-0.4, -0.2) is 34.7 Å². The number of aryl methyl sites for hydroxylation is 2. The minimum Gasteiger partial charge on any atom is -0.507 e. The SMILES string of the molecule is Cc1cc(C=NC2CCCC[C@H]2N=Cc2cc(C)cc(C(C)(C)C)c2O)c(O)c(C(C)(C)C)c1. The Hall–Kier alpha value is -2.62. The van der Waals surface area contributed by atoms with E-state index in [0.717, 1.165) is 59.1 Å². The zero-order chi connectivity index (χ0) is 25.3. The third-order valence-corrected chi connectivity index (χ3v) is 6.69. The van der Waals surface area contributed by atoms with Gasteiger partial charge in [-0.3, -0.25) is 9.98 Å². The second-order valence-electron chi connectivity index (χ2n) is 12.0. The number of hydrogen-bond acceptors (Lipinski definition) is 4. The maximum Gasteiger partial charge on any atom is 0.128 e. The standard InChI is InChI=1S/C30H42N2O2/c1-19-13-21(27(33)23(15-19)29(3,4)5)17-31-25-11-9-10-12-26(25)32-18-22-14-20(2)16-24(28(22)34)30(6,7)8/h13-18,25-26,33-34H,9-12H2,1-8H3/t25-,26?/m1/s1. The lowest BCUT2D eigenvalue weighted by molar-refractivity contribution is 0.390. The van der Waals surface area contributed by atoms with Gasteiger partial charge in [-0.15, -0.1) is 0 Å². The van der Waals surface area contributed by atoms with E-state index in [0.29, 0.717) is 11.5 Å². The van der Waals surface area contributed by atoms with Gasteiger partial charge < -0.3 is 10.2 Å². The molecule has 1 saturated carbocycles. The molecule has 1 aliphatic rings. The van der Waals surface area contributed by atoms with E-state index in [-0.39, 0.29) is 22.9 Å². The van der Waals surface area contributed by atoms with Gasteiger partial charge in [0, 0.05) is 34.7 Å². The molecular formula is C30H42N2O2. The second kappa shape index (κ2) is 9.93. The van der Waals surface area contributed by atoms with Crippen LogP contribution in [0.1, 0.15) is 101 Å². The molecule has 1 fully saturated rings. The first-order chi connectivity index (χ1) is 15.8. The number of aliphatic imine (C=N–C) groups is 2. The molecule has 0 aromatic heterocycles. The molecule has 0 spiro atoms. The summed E-state index contributed by atoms with van der Waals surface area (Å²) < 4.78 is 0. The molecular weight excluding hydrogens is 420 g/mol. The number of rotatable bonds is 4. The molecule has 0 radical (unpaired) electrons. The molecule has 2 aromatic carbocycles. The van der Waals surface area contributed by atoms with Gasteiger partial charge in [0.2, 0.25) is 0 Å². The summed E-state index contributed by atoms with van der Waals surface area (Å²) in [4.78, 5) is 9.82. The van der Waals surface area contributed by atoms with Gasteiger partial charge in [0.05, 0.1) is 12.1 Å². The van der Waals surface area contributed by atoms with E-state index in [9.17, 15) is 10.2 Å². The largest absolute Gasteiger partial charge is 0.507 e. The Balaban J connectivity index is 1.88. The van der Waals surface area contributed by atoms with Crippen molar-refractivity contribution >= 4 is 12.4 Å². The summed E-state index contributed by atoms with van der Waals surface area (Å²) in [7, 11) is 0. The van der Waals surface area contributed by atoms with Crippen LogP contribution in [0.25, 0.3) is 0 Å². The molecule has 184 valence electrons. The molecule has 1 aliphatic carbocycles. The minimum absolute atomic E-state index is 0.0667. The van der Waals surface area contributed by atoms with Gasteiger partial charge in [0.25, 0.3) is 0 Å². The Morgan fingerprint density at radius 2 is 1.03 bits per heavy atom. The summed E-state index contributed by atoms with van der Waals surface area (Å²) in [6, 6.07) is 8.23. The van der Waals surface area contributed by atoms with Crippen LogP contribution < -0.4 is 0 Å². The van der Waals surface area contributed by atoms with Crippen molar-refractivity contribution in [3.63, 3.8) is 0 Å². The fourth-order valence-corrected chi connectivity index (χ4v) is 4.75. The first-order valence-electron chi connectivity index (χ1n) is 12.5. The lowest BCUT2D eigenvalue weighted by Crippen LogP contribution is -2.27. The molecule has 0 bridgehead atoms. The first-order valence-corrected chi connectivity index (χ1v) is 12.5. The molecule has 4 heteroatoms. The zero-order valence-corrected chi connectivity index (χ0v) is 22.2. The van der Waals surface area contributed by atoms with Crippen LogP contribution in [0.15, 0.2) is 34.3 Å². The normalized spacial score (nSPS) is 19.9. The Bertz CT molecular complexity index is 997. The Morgan fingerprint density at radius 1 is 0.676 bits per heavy atom. The van der Waals surface area contributed by atoms with Crippen LogP contribution in [-0.2, 0) is 10.8 Å². The predicted molar refractivity (Wildman–Crippen MR) is 144 cm³/mol. The highest BCUT2D eigenvalue weighted by Crippen LogP contribution is 2.35. The fourth-order valence-electron chi connectivity index (χ4n) is 4.75. The molecule has 0 heterocycles. The van der Waals surface area contributed by atoms with Gasteiger partial charge >= 0.3 is 0 Å². The average Bonchev–Trinajstić information content (AvgIpc) is 2.73. The molecule has 1 unspecified atom stereocenters. The minimum atomic E-state index is -0.141. The van der Waals surface area contributed by atoms with Gasteiger partial charge in [-0.25, -0.2) is 0 Å². The molecule has 4 nitrogen and oxygen atoms in total. The van der Waals surface area contributed by atoms with E-state index in [2.05, 4.69) is 67.5 Å². The molecule has 2 N–H and O–H groups in total. The number of phenols is 2. The van der Waals surface area contributed by atoms with E-state index >= 15 is 0 Å². The topological polar surface area (TPSA) is 65.2 Å². The smallest absolute Gasteiger partial charge is 0.128 e. The molecule has 0 amide bonds. The van der Waals surface area contributed by atoms with Crippen molar-refractivity contribution in [2.75, 3.05) is 0 Å². The van der Waals surface area contributed by atoms with Gasteiger partial charge in [-0.2, -0.15) is 0 Å². The summed E-state index contributed by atoms with van der Waals surface area (Å²) in [5.41, 5.74) is 5.37. The maximum atomic E-state index is 10.9. The average molecular weight is 463 g/mol. The zero-order valence-electron chi connectivity index (χ0n) is 22.2. The molecule has 2 aromatic rings. The summed E-state index contributed by atoms with van der Waals surface area (Å²) in [6.45, 7) is 16.8. The quantitative estimate of drug-likeness (QED) is 0.473. The second-order valence-corrected chi connectivity index (χ2v) is 12.0. The van der Waals surface area contributed by atoms with E-state index in [4.69, 9.17) is 9.98 Å². The lowest BCUT2D eigenvalue weighted by Gasteiger charge is -2.26. The van der Waals surface area contributed by atoms with E-state index < -0.39 is 0 Å². The van der Waals surface area contributed by atoms with Crippen molar-refractivity contribution in [2.45, 2.75) is 104 Å². The van der Waals surface area contributed by atoms with Gasteiger partial charge in [-0.05, 0) is 60.8 Å². The monoisotopic (exact) mass is 462 g/mol. The predicted octanol–water partition coefficient (Wildman–Crippen LogP) is 7.16. The Kier molecular flexibility index (Phi) is 7.59. The number of hydrogen-bond donors (Lipinski definition) is 2. The molecule has 0 aliphatic heterocycles. The number of aromatic hydroxyl groups is 2. The van der Waals surface area contributed by atoms with Crippen LogP contribution in [0.4, 0.5) is 0 Å². The molecule has 3 rings (SSSR count). The summed E-state index contributed by atoms with van der Waals surface area (Å²) in [5.74, 6) is 0.634. The van der Waals surface area contributed by atoms with Crippen LogP contribution in [0.5, 0.6) is 11.5 Å². The first kappa shape index (κ1) is 26.0. The Labute approximate surface area is 205 Å². The third kappa shape index (κ3) is 6.08. The third-order valence-electron chi connectivity index (χ3n) is 6.69. The van der Waals surface area contributed by atoms with Crippen LogP contribution >= 0.6 is 0 Å². The Morgan fingerprint density at radius 3 is 1.35 bits per heavy atom. The maximum absolute atomic E-state index is 10.9. The lowest BCUT2D eigenvalue weighted by atomic mass is 9.84. The molecule has 0 saturated heterocycles. The van der Waals surface area contributed by atoms with E-state index in [1.807, 2.05) is 24.6 Å². The van der Waals surface area contributed by atoms with Gasteiger partial charge in [0.15, 0.2) is 0 Å². The highest BCUT2D eigenvalue weighted by molar-refractivity contribution is 5.86. The summed E-state index contributed by atoms with van der Waals surface area (Å²) in [6.07, 6.45) is 7.88. The summed E-state index contributed by atoms with van der Waals surface area (Å²) >= 11 is 0. The van der Waals surface area contributed by atoms with Crippen LogP contribution in [0.3, 0.4) is 0 Å². The van der Waals surface area contributed by atoms with Crippen molar-refractivity contribution in [2.24, 2.45) is 9.98 Å². The van der Waals surface area contributed by atoms with E-state index in [1.165, 1.54) is 0 Å². The number of benzene rings is 2. The highest BCUT2D eigenvalue weighted by Gasteiger charge is 2.25. The van der Waals surface area contributed by atoms with Crippen molar-refractivity contribution < 1.29 is 10.2 Å². The van der Waals surface area contributed by atoms with Crippen molar-refractivity contribution in [3.05, 3.63) is 57.6 Å². The van der Waals surface area contributed by atoms with Gasteiger partial charge in [-0.1, -0.05) is 66.5 Å². The number of phenolic OH excluding ortho intramolecular Hbond substituents is 2.